The van der Waals surface area contributed by atoms with E-state index < -0.39 is 0 Å². The van der Waals surface area contributed by atoms with Gasteiger partial charge in [0.2, 0.25) is 0 Å². The molecule has 1 aliphatic rings. The number of furan rings is 1. The van der Waals surface area contributed by atoms with Gasteiger partial charge in [-0.05, 0) is 30.2 Å². The Labute approximate surface area is 151 Å². The standard InChI is InChI=1S/C20H19ClN2O2/c21-15-7-8-17-16(13-15)18(14-5-2-1-3-6-14)19(25-17)20-22-9-4-10-23(20)11-12-24/h1-3,5-8,13,24H,4,9-12H2. The van der Waals surface area contributed by atoms with Crippen LogP contribution < -0.4 is 0 Å². The van der Waals surface area contributed by atoms with Gasteiger partial charge in [-0.25, -0.2) is 0 Å². The van der Waals surface area contributed by atoms with Gasteiger partial charge in [-0.1, -0.05) is 41.9 Å². The second-order valence-corrected chi connectivity index (χ2v) is 6.52. The summed E-state index contributed by atoms with van der Waals surface area (Å²) in [5.74, 6) is 1.56. The van der Waals surface area contributed by atoms with E-state index in [0.29, 0.717) is 11.6 Å². The normalized spacial score (nSPS) is 14.8. The molecular formula is C20H19ClN2O2. The summed E-state index contributed by atoms with van der Waals surface area (Å²) >= 11 is 6.24. The second kappa shape index (κ2) is 6.90. The monoisotopic (exact) mass is 354 g/mol. The van der Waals surface area contributed by atoms with E-state index >= 15 is 0 Å². The number of amidine groups is 1. The molecule has 128 valence electrons. The van der Waals surface area contributed by atoms with Crippen molar-refractivity contribution in [1.29, 1.82) is 0 Å². The highest BCUT2D eigenvalue weighted by molar-refractivity contribution is 6.31. The number of hydrogen-bond acceptors (Lipinski definition) is 4. The number of nitrogens with zero attached hydrogens (tertiary/aromatic N) is 2. The SMILES string of the molecule is OCCN1CCCN=C1c1oc2ccc(Cl)cc2c1-c1ccccc1. The van der Waals surface area contributed by atoms with Crippen LogP contribution in [0.3, 0.4) is 0 Å². The van der Waals surface area contributed by atoms with Gasteiger partial charge >= 0.3 is 0 Å². The van der Waals surface area contributed by atoms with Gasteiger partial charge in [0.1, 0.15) is 5.58 Å². The molecular weight excluding hydrogens is 336 g/mol. The van der Waals surface area contributed by atoms with Crippen molar-refractivity contribution in [3.05, 3.63) is 59.3 Å². The summed E-state index contributed by atoms with van der Waals surface area (Å²) in [6.45, 7) is 2.27. The highest BCUT2D eigenvalue weighted by Crippen LogP contribution is 2.37. The highest BCUT2D eigenvalue weighted by Gasteiger charge is 2.25. The average molecular weight is 355 g/mol. The molecule has 0 saturated heterocycles. The van der Waals surface area contributed by atoms with Gasteiger partial charge in [-0.15, -0.1) is 0 Å². The Kier molecular flexibility index (Phi) is 4.47. The minimum absolute atomic E-state index is 0.0890. The van der Waals surface area contributed by atoms with Gasteiger partial charge in [0.25, 0.3) is 0 Å². The van der Waals surface area contributed by atoms with Crippen LogP contribution in [0.5, 0.6) is 0 Å². The lowest BCUT2D eigenvalue weighted by molar-refractivity contribution is 0.244. The van der Waals surface area contributed by atoms with Crippen LogP contribution in [0.2, 0.25) is 5.02 Å². The third-order valence-corrected chi connectivity index (χ3v) is 4.67. The third kappa shape index (κ3) is 3.03. The van der Waals surface area contributed by atoms with Gasteiger partial charge < -0.3 is 14.4 Å². The summed E-state index contributed by atoms with van der Waals surface area (Å²) in [6, 6.07) is 15.8. The molecule has 3 aromatic rings. The van der Waals surface area contributed by atoms with E-state index in [9.17, 15) is 5.11 Å². The number of aliphatic imine (C=N–C) groups is 1. The molecule has 0 bridgehead atoms. The van der Waals surface area contributed by atoms with Crippen LogP contribution in [0.4, 0.5) is 0 Å². The van der Waals surface area contributed by atoms with Crippen LogP contribution in [-0.2, 0) is 0 Å². The van der Waals surface area contributed by atoms with Gasteiger partial charge in [0, 0.05) is 35.6 Å². The first kappa shape index (κ1) is 16.2. The summed E-state index contributed by atoms with van der Waals surface area (Å²) in [4.78, 5) is 6.80. The highest BCUT2D eigenvalue weighted by atomic mass is 35.5. The summed E-state index contributed by atoms with van der Waals surface area (Å²) in [5.41, 5.74) is 2.85. The molecule has 0 unspecified atom stereocenters. The van der Waals surface area contributed by atoms with Crippen molar-refractivity contribution in [2.24, 2.45) is 4.99 Å². The van der Waals surface area contributed by atoms with Crippen molar-refractivity contribution in [3.8, 4) is 11.1 Å². The van der Waals surface area contributed by atoms with E-state index in [1.807, 2.05) is 36.4 Å². The zero-order chi connectivity index (χ0) is 17.2. The summed E-state index contributed by atoms with van der Waals surface area (Å²) < 4.78 is 6.21. The Bertz CT molecular complexity index is 918. The number of rotatable bonds is 4. The Balaban J connectivity index is 1.96. The molecule has 2 aromatic carbocycles. The maximum atomic E-state index is 9.40. The molecule has 4 rings (SSSR count). The topological polar surface area (TPSA) is 49.0 Å². The Morgan fingerprint density at radius 1 is 1.16 bits per heavy atom. The van der Waals surface area contributed by atoms with Gasteiger partial charge in [-0.2, -0.15) is 0 Å². The Morgan fingerprint density at radius 3 is 2.80 bits per heavy atom. The van der Waals surface area contributed by atoms with Crippen LogP contribution in [0.15, 0.2) is 57.9 Å². The second-order valence-electron chi connectivity index (χ2n) is 6.08. The van der Waals surface area contributed by atoms with Gasteiger partial charge in [0.05, 0.1) is 6.61 Å². The lowest BCUT2D eigenvalue weighted by atomic mass is 10.0. The minimum atomic E-state index is 0.0890. The zero-order valence-electron chi connectivity index (χ0n) is 13.8. The van der Waals surface area contributed by atoms with E-state index in [0.717, 1.165) is 53.2 Å². The molecule has 25 heavy (non-hydrogen) atoms. The van der Waals surface area contributed by atoms with E-state index in [1.54, 1.807) is 0 Å². The van der Waals surface area contributed by atoms with Crippen molar-refractivity contribution < 1.29 is 9.52 Å². The number of hydrogen-bond donors (Lipinski definition) is 1. The zero-order valence-corrected chi connectivity index (χ0v) is 14.5. The first-order valence-electron chi connectivity index (χ1n) is 8.46. The van der Waals surface area contributed by atoms with Crippen molar-refractivity contribution in [3.63, 3.8) is 0 Å². The summed E-state index contributed by atoms with van der Waals surface area (Å²) in [5, 5.41) is 11.1. The molecule has 1 aromatic heterocycles. The summed E-state index contributed by atoms with van der Waals surface area (Å²) in [6.07, 6.45) is 0.982. The fraction of sp³-hybridized carbons (Fsp3) is 0.250. The average Bonchev–Trinajstić information content (AvgIpc) is 3.01. The van der Waals surface area contributed by atoms with E-state index in [4.69, 9.17) is 21.0 Å². The molecule has 0 radical (unpaired) electrons. The van der Waals surface area contributed by atoms with Gasteiger partial charge in [-0.3, -0.25) is 4.99 Å². The number of benzene rings is 2. The maximum absolute atomic E-state index is 9.40. The molecule has 0 aliphatic carbocycles. The van der Waals surface area contributed by atoms with Crippen molar-refractivity contribution >= 4 is 28.4 Å². The van der Waals surface area contributed by atoms with Crippen LogP contribution in [0.1, 0.15) is 12.2 Å². The molecule has 2 heterocycles. The van der Waals surface area contributed by atoms with Crippen molar-refractivity contribution in [2.75, 3.05) is 26.2 Å². The minimum Gasteiger partial charge on any atom is -0.452 e. The smallest absolute Gasteiger partial charge is 0.178 e. The molecule has 1 N–H and O–H groups in total. The first-order chi connectivity index (χ1) is 12.3. The molecule has 1 aliphatic heterocycles. The van der Waals surface area contributed by atoms with Crippen LogP contribution in [0.25, 0.3) is 22.1 Å². The molecule has 0 amide bonds. The Hall–Kier alpha value is -2.30. The molecule has 0 atom stereocenters. The fourth-order valence-electron chi connectivity index (χ4n) is 3.32. The first-order valence-corrected chi connectivity index (χ1v) is 8.84. The lowest BCUT2D eigenvalue weighted by Crippen LogP contribution is -2.38. The molecule has 0 spiro atoms. The molecule has 0 saturated carbocycles. The predicted molar refractivity (Wildman–Crippen MR) is 101 cm³/mol. The Morgan fingerprint density at radius 2 is 2.00 bits per heavy atom. The fourth-order valence-corrected chi connectivity index (χ4v) is 3.50. The lowest BCUT2D eigenvalue weighted by Gasteiger charge is -2.28. The molecule has 5 heteroatoms. The maximum Gasteiger partial charge on any atom is 0.178 e. The predicted octanol–water partition coefficient (Wildman–Crippen LogP) is 4.20. The largest absolute Gasteiger partial charge is 0.452 e. The number of aliphatic hydroxyl groups is 1. The number of aliphatic hydroxyl groups excluding tert-OH is 1. The van der Waals surface area contributed by atoms with Gasteiger partial charge in [0.15, 0.2) is 11.6 Å². The van der Waals surface area contributed by atoms with E-state index in [2.05, 4.69) is 17.0 Å². The number of fused-ring (bicyclic) bond motifs is 1. The van der Waals surface area contributed by atoms with E-state index in [1.165, 1.54) is 0 Å². The summed E-state index contributed by atoms with van der Waals surface area (Å²) in [7, 11) is 0. The van der Waals surface area contributed by atoms with Crippen LogP contribution in [-0.4, -0.2) is 42.1 Å². The quantitative estimate of drug-likeness (QED) is 0.764. The number of halogens is 1. The van der Waals surface area contributed by atoms with Crippen molar-refractivity contribution in [1.82, 2.24) is 4.90 Å². The van der Waals surface area contributed by atoms with E-state index in [-0.39, 0.29) is 6.61 Å². The third-order valence-electron chi connectivity index (χ3n) is 4.43. The van der Waals surface area contributed by atoms with Crippen LogP contribution >= 0.6 is 11.6 Å². The number of β-amino-alcohol motifs (C(OH)–C–C–N with tert-alkyl or cyclic N) is 1. The van der Waals surface area contributed by atoms with Crippen LogP contribution in [0, 0.1) is 0 Å². The molecule has 4 nitrogen and oxygen atoms in total. The molecule has 0 fully saturated rings. The van der Waals surface area contributed by atoms with Crippen molar-refractivity contribution in [2.45, 2.75) is 6.42 Å².